The molecule has 2 aromatic carbocycles. The van der Waals surface area contributed by atoms with E-state index >= 15 is 0 Å². The topological polar surface area (TPSA) is 91.5 Å². The van der Waals surface area contributed by atoms with Crippen molar-refractivity contribution in [3.63, 3.8) is 0 Å². The van der Waals surface area contributed by atoms with Crippen molar-refractivity contribution < 1.29 is 22.4 Å². The van der Waals surface area contributed by atoms with Gasteiger partial charge in [-0.2, -0.15) is 0 Å². The number of carbonyl (C=O) groups excluding carboxylic acids is 1. The van der Waals surface area contributed by atoms with Crippen molar-refractivity contribution in [3.05, 3.63) is 71.9 Å². The SMILES string of the molecule is CN=C(NCC(=O)Nc1ccc(F)c(F)c1F)NCc1coc(-c2ccccc2)n1. The molecule has 0 fully saturated rings. The second kappa shape index (κ2) is 9.59. The number of benzene rings is 2. The quantitative estimate of drug-likeness (QED) is 0.326. The summed E-state index contributed by atoms with van der Waals surface area (Å²) in [4.78, 5) is 20.3. The first-order valence-electron chi connectivity index (χ1n) is 8.85. The molecule has 0 saturated heterocycles. The molecule has 1 aromatic heterocycles. The first-order valence-corrected chi connectivity index (χ1v) is 8.85. The van der Waals surface area contributed by atoms with Gasteiger partial charge in [0.1, 0.15) is 6.26 Å². The Labute approximate surface area is 170 Å². The summed E-state index contributed by atoms with van der Waals surface area (Å²) in [5, 5.41) is 7.83. The predicted octanol–water partition coefficient (Wildman–Crippen LogP) is 3.06. The van der Waals surface area contributed by atoms with E-state index in [1.54, 1.807) is 0 Å². The van der Waals surface area contributed by atoms with Gasteiger partial charge in [-0.15, -0.1) is 0 Å². The van der Waals surface area contributed by atoms with E-state index in [0.29, 0.717) is 11.6 Å². The van der Waals surface area contributed by atoms with Gasteiger partial charge in [0, 0.05) is 12.6 Å². The summed E-state index contributed by atoms with van der Waals surface area (Å²) in [6, 6.07) is 11.1. The maximum atomic E-state index is 13.6. The molecule has 0 unspecified atom stereocenters. The van der Waals surface area contributed by atoms with Crippen LogP contribution >= 0.6 is 0 Å². The maximum Gasteiger partial charge on any atom is 0.243 e. The van der Waals surface area contributed by atoms with Crippen molar-refractivity contribution >= 4 is 17.6 Å². The van der Waals surface area contributed by atoms with Crippen molar-refractivity contribution in [1.82, 2.24) is 15.6 Å². The van der Waals surface area contributed by atoms with Crippen molar-refractivity contribution in [3.8, 4) is 11.5 Å². The zero-order valence-corrected chi connectivity index (χ0v) is 15.9. The Morgan fingerprint density at radius 3 is 2.57 bits per heavy atom. The number of aliphatic imine (C=N–C) groups is 1. The minimum absolute atomic E-state index is 0.273. The number of hydrogen-bond acceptors (Lipinski definition) is 4. The predicted molar refractivity (Wildman–Crippen MR) is 105 cm³/mol. The number of nitrogens with zero attached hydrogens (tertiary/aromatic N) is 2. The van der Waals surface area contributed by atoms with Crippen molar-refractivity contribution in [2.75, 3.05) is 18.9 Å². The molecule has 0 atom stereocenters. The average molecular weight is 417 g/mol. The Bertz CT molecular complexity index is 1050. The number of hydrogen-bond donors (Lipinski definition) is 3. The van der Waals surface area contributed by atoms with Crippen LogP contribution in [0.4, 0.5) is 18.9 Å². The van der Waals surface area contributed by atoms with Crippen LogP contribution in [-0.4, -0.2) is 30.4 Å². The van der Waals surface area contributed by atoms with E-state index in [1.807, 2.05) is 30.3 Å². The number of aromatic nitrogens is 1. The third-order valence-electron chi connectivity index (χ3n) is 3.96. The summed E-state index contributed by atoms with van der Waals surface area (Å²) in [5.41, 5.74) is 0.997. The molecule has 0 aliphatic carbocycles. The van der Waals surface area contributed by atoms with Gasteiger partial charge in [0.05, 0.1) is 24.5 Å². The first-order chi connectivity index (χ1) is 14.5. The fourth-order valence-electron chi connectivity index (χ4n) is 2.48. The molecule has 0 saturated carbocycles. The van der Waals surface area contributed by atoms with Gasteiger partial charge in [-0.1, -0.05) is 18.2 Å². The lowest BCUT2D eigenvalue weighted by Crippen LogP contribution is -2.41. The van der Waals surface area contributed by atoms with E-state index in [-0.39, 0.29) is 19.0 Å². The molecular weight excluding hydrogens is 399 g/mol. The Kier molecular flexibility index (Phi) is 6.68. The molecular formula is C20H18F3N5O2. The molecule has 3 rings (SSSR count). The van der Waals surface area contributed by atoms with Crippen molar-refractivity contribution in [2.24, 2.45) is 4.99 Å². The maximum absolute atomic E-state index is 13.6. The molecule has 1 heterocycles. The zero-order valence-electron chi connectivity index (χ0n) is 15.9. The van der Waals surface area contributed by atoms with Gasteiger partial charge < -0.3 is 20.4 Å². The normalized spacial score (nSPS) is 11.3. The van der Waals surface area contributed by atoms with Crippen LogP contribution in [0.3, 0.4) is 0 Å². The second-order valence-corrected chi connectivity index (χ2v) is 6.06. The largest absolute Gasteiger partial charge is 0.444 e. The van der Waals surface area contributed by atoms with Gasteiger partial charge in [-0.3, -0.25) is 9.79 Å². The van der Waals surface area contributed by atoms with Crippen LogP contribution in [0.25, 0.3) is 11.5 Å². The van der Waals surface area contributed by atoms with E-state index in [2.05, 4.69) is 25.9 Å². The number of carbonyl (C=O) groups is 1. The molecule has 0 radical (unpaired) electrons. The first kappa shape index (κ1) is 20.9. The molecule has 3 N–H and O–H groups in total. The minimum atomic E-state index is -1.65. The third kappa shape index (κ3) is 5.16. The summed E-state index contributed by atoms with van der Waals surface area (Å²) < 4.78 is 45.2. The monoisotopic (exact) mass is 417 g/mol. The van der Waals surface area contributed by atoms with Crippen LogP contribution in [-0.2, 0) is 11.3 Å². The lowest BCUT2D eigenvalue weighted by Gasteiger charge is -2.11. The summed E-state index contributed by atoms with van der Waals surface area (Å²) in [7, 11) is 1.50. The van der Waals surface area contributed by atoms with Crippen LogP contribution in [0, 0.1) is 17.5 Å². The molecule has 156 valence electrons. The van der Waals surface area contributed by atoms with Gasteiger partial charge >= 0.3 is 0 Å². The zero-order chi connectivity index (χ0) is 21.5. The number of amides is 1. The molecule has 0 spiro atoms. The lowest BCUT2D eigenvalue weighted by molar-refractivity contribution is -0.115. The number of rotatable bonds is 6. The molecule has 3 aromatic rings. The van der Waals surface area contributed by atoms with Gasteiger partial charge in [-0.25, -0.2) is 18.2 Å². The van der Waals surface area contributed by atoms with Crippen molar-refractivity contribution in [1.29, 1.82) is 0 Å². The van der Waals surface area contributed by atoms with Crippen LogP contribution in [0.1, 0.15) is 5.69 Å². The highest BCUT2D eigenvalue weighted by Crippen LogP contribution is 2.19. The van der Waals surface area contributed by atoms with E-state index < -0.39 is 29.0 Å². The van der Waals surface area contributed by atoms with Crippen LogP contribution in [0.5, 0.6) is 0 Å². The van der Waals surface area contributed by atoms with E-state index in [4.69, 9.17) is 4.42 Å². The molecule has 7 nitrogen and oxygen atoms in total. The minimum Gasteiger partial charge on any atom is -0.444 e. The summed E-state index contributed by atoms with van der Waals surface area (Å²) >= 11 is 0. The molecule has 30 heavy (non-hydrogen) atoms. The molecule has 1 amide bonds. The summed E-state index contributed by atoms with van der Waals surface area (Å²) in [5.74, 6) is -4.37. The van der Waals surface area contributed by atoms with Gasteiger partial charge in [0.15, 0.2) is 23.4 Å². The van der Waals surface area contributed by atoms with Crippen LogP contribution in [0.2, 0.25) is 0 Å². The highest BCUT2D eigenvalue weighted by Gasteiger charge is 2.15. The summed E-state index contributed by atoms with van der Waals surface area (Å²) in [6.07, 6.45) is 1.50. The van der Waals surface area contributed by atoms with Crippen molar-refractivity contribution in [2.45, 2.75) is 6.54 Å². The summed E-state index contributed by atoms with van der Waals surface area (Å²) in [6.45, 7) is -0.0123. The van der Waals surface area contributed by atoms with Gasteiger partial charge in [0.2, 0.25) is 11.8 Å². The smallest absolute Gasteiger partial charge is 0.243 e. The van der Waals surface area contributed by atoms with E-state index in [9.17, 15) is 18.0 Å². The molecule has 0 bridgehead atoms. The Hall–Kier alpha value is -3.82. The Morgan fingerprint density at radius 2 is 1.83 bits per heavy atom. The number of oxazole rings is 1. The van der Waals surface area contributed by atoms with Crippen LogP contribution in [0.15, 0.2) is 58.1 Å². The number of anilines is 1. The highest BCUT2D eigenvalue weighted by atomic mass is 19.2. The number of guanidine groups is 1. The number of nitrogens with one attached hydrogen (secondary N) is 3. The average Bonchev–Trinajstić information content (AvgIpc) is 3.24. The third-order valence-corrected chi connectivity index (χ3v) is 3.96. The molecule has 0 aliphatic heterocycles. The van der Waals surface area contributed by atoms with Gasteiger partial charge in [-0.05, 0) is 24.3 Å². The van der Waals surface area contributed by atoms with Gasteiger partial charge in [0.25, 0.3) is 0 Å². The standard InChI is InChI=1S/C20H18F3N5O2/c1-24-20(25-9-13-11-30-19(27-13)12-5-3-2-4-6-12)26-10-16(29)28-15-8-7-14(21)17(22)18(15)23/h2-8,11H,9-10H2,1H3,(H,28,29)(H2,24,25,26). The Morgan fingerprint density at radius 1 is 1.07 bits per heavy atom. The number of halogens is 3. The second-order valence-electron chi connectivity index (χ2n) is 6.06. The fraction of sp³-hybridized carbons (Fsp3) is 0.150. The highest BCUT2D eigenvalue weighted by molar-refractivity contribution is 5.95. The Balaban J connectivity index is 1.50. The van der Waals surface area contributed by atoms with E-state index in [1.165, 1.54) is 13.3 Å². The fourth-order valence-corrected chi connectivity index (χ4v) is 2.48. The molecule has 10 heteroatoms. The lowest BCUT2D eigenvalue weighted by atomic mass is 10.2. The van der Waals surface area contributed by atoms with Crippen LogP contribution < -0.4 is 16.0 Å². The molecule has 0 aliphatic rings. The van der Waals surface area contributed by atoms with E-state index in [0.717, 1.165) is 17.7 Å².